The van der Waals surface area contributed by atoms with E-state index in [2.05, 4.69) is 0 Å². The van der Waals surface area contributed by atoms with Crippen LogP contribution in [0, 0.1) is 0 Å². The number of benzene rings is 1. The third-order valence-electron chi connectivity index (χ3n) is 2.07. The standard InChI is InChI=1S/C11H13Cl2NO2/c1-6(14)5-8(15)7-3-4-9(16-2)11(13)10(7)12/h3-4,6H,5,14H2,1-2H3. The SMILES string of the molecule is COc1ccc(C(=O)CC(C)N)c(Cl)c1Cl. The van der Waals surface area contributed by atoms with Gasteiger partial charge < -0.3 is 10.5 Å². The maximum atomic E-state index is 11.8. The molecule has 1 aromatic carbocycles. The van der Waals surface area contributed by atoms with Crippen LogP contribution in [-0.4, -0.2) is 18.9 Å². The summed E-state index contributed by atoms with van der Waals surface area (Å²) in [6.45, 7) is 1.76. The van der Waals surface area contributed by atoms with Crippen molar-refractivity contribution in [2.75, 3.05) is 7.11 Å². The lowest BCUT2D eigenvalue weighted by Crippen LogP contribution is -2.19. The van der Waals surface area contributed by atoms with E-state index in [1.165, 1.54) is 7.11 Å². The molecule has 3 nitrogen and oxygen atoms in total. The Labute approximate surface area is 104 Å². The van der Waals surface area contributed by atoms with Gasteiger partial charge >= 0.3 is 0 Å². The molecule has 1 atom stereocenters. The summed E-state index contributed by atoms with van der Waals surface area (Å²) in [6.07, 6.45) is 0.238. The highest BCUT2D eigenvalue weighted by Gasteiger charge is 2.16. The van der Waals surface area contributed by atoms with Crippen molar-refractivity contribution in [3.8, 4) is 5.75 Å². The minimum atomic E-state index is -0.204. The summed E-state index contributed by atoms with van der Waals surface area (Å²) in [5.41, 5.74) is 5.93. The summed E-state index contributed by atoms with van der Waals surface area (Å²) < 4.78 is 4.99. The molecule has 0 heterocycles. The molecule has 16 heavy (non-hydrogen) atoms. The van der Waals surface area contributed by atoms with Crippen LogP contribution in [0.1, 0.15) is 23.7 Å². The summed E-state index contributed by atoms with van der Waals surface area (Å²) in [6, 6.07) is 3.00. The summed E-state index contributed by atoms with van der Waals surface area (Å²) in [5.74, 6) is 0.327. The third kappa shape index (κ3) is 2.88. The highest BCUT2D eigenvalue weighted by atomic mass is 35.5. The number of hydrogen-bond donors (Lipinski definition) is 1. The Kier molecular flexibility index (Phi) is 4.59. The zero-order valence-electron chi connectivity index (χ0n) is 9.09. The van der Waals surface area contributed by atoms with Gasteiger partial charge in [0.15, 0.2) is 5.78 Å². The fourth-order valence-electron chi connectivity index (χ4n) is 1.31. The number of halogens is 2. The second kappa shape index (κ2) is 5.53. The Morgan fingerprint density at radius 1 is 1.44 bits per heavy atom. The molecule has 1 unspecified atom stereocenters. The van der Waals surface area contributed by atoms with Crippen LogP contribution in [0.2, 0.25) is 10.0 Å². The van der Waals surface area contributed by atoms with Crippen LogP contribution in [0.3, 0.4) is 0 Å². The van der Waals surface area contributed by atoms with E-state index in [0.29, 0.717) is 11.3 Å². The number of Topliss-reactive ketones (excluding diaryl/α,β-unsaturated/α-hetero) is 1. The fraction of sp³-hybridized carbons (Fsp3) is 0.364. The number of hydrogen-bond acceptors (Lipinski definition) is 3. The highest BCUT2D eigenvalue weighted by molar-refractivity contribution is 6.44. The van der Waals surface area contributed by atoms with Crippen LogP contribution in [0.4, 0.5) is 0 Å². The van der Waals surface area contributed by atoms with Gasteiger partial charge in [0.05, 0.1) is 12.1 Å². The number of rotatable bonds is 4. The first kappa shape index (κ1) is 13.3. The minimum absolute atomic E-state index is 0.121. The maximum Gasteiger partial charge on any atom is 0.165 e. The number of carbonyl (C=O) groups excluding carboxylic acids is 1. The Morgan fingerprint density at radius 2 is 2.06 bits per heavy atom. The predicted octanol–water partition coefficient (Wildman–Crippen LogP) is 2.92. The minimum Gasteiger partial charge on any atom is -0.495 e. The molecule has 0 saturated heterocycles. The van der Waals surface area contributed by atoms with Crippen LogP contribution >= 0.6 is 23.2 Å². The van der Waals surface area contributed by atoms with E-state index in [9.17, 15) is 4.79 Å². The van der Waals surface area contributed by atoms with Gasteiger partial charge in [-0.3, -0.25) is 4.79 Å². The molecule has 0 amide bonds. The first-order valence-electron chi connectivity index (χ1n) is 4.78. The first-order valence-corrected chi connectivity index (χ1v) is 5.53. The summed E-state index contributed by atoms with van der Waals surface area (Å²) in [4.78, 5) is 11.8. The second-order valence-electron chi connectivity index (χ2n) is 3.55. The van der Waals surface area contributed by atoms with E-state index in [4.69, 9.17) is 33.7 Å². The van der Waals surface area contributed by atoms with Gasteiger partial charge in [-0.05, 0) is 19.1 Å². The van der Waals surface area contributed by atoms with Crippen LogP contribution in [-0.2, 0) is 0 Å². The molecular formula is C11H13Cl2NO2. The van der Waals surface area contributed by atoms with Gasteiger partial charge in [-0.15, -0.1) is 0 Å². The Morgan fingerprint density at radius 3 is 2.56 bits per heavy atom. The smallest absolute Gasteiger partial charge is 0.165 e. The summed E-state index contributed by atoms with van der Waals surface area (Å²) in [7, 11) is 1.49. The fourth-order valence-corrected chi connectivity index (χ4v) is 1.81. The zero-order valence-corrected chi connectivity index (χ0v) is 10.6. The van der Waals surface area contributed by atoms with E-state index in [1.54, 1.807) is 19.1 Å². The van der Waals surface area contributed by atoms with E-state index in [-0.39, 0.29) is 28.3 Å². The number of ether oxygens (including phenoxy) is 1. The molecule has 0 aliphatic heterocycles. The molecule has 5 heteroatoms. The van der Waals surface area contributed by atoms with Crippen molar-refractivity contribution in [3.05, 3.63) is 27.7 Å². The predicted molar refractivity (Wildman–Crippen MR) is 65.6 cm³/mol. The van der Waals surface area contributed by atoms with Crippen molar-refractivity contribution in [2.45, 2.75) is 19.4 Å². The monoisotopic (exact) mass is 261 g/mol. The van der Waals surface area contributed by atoms with Crippen molar-refractivity contribution in [3.63, 3.8) is 0 Å². The van der Waals surface area contributed by atoms with Gasteiger partial charge in [0.25, 0.3) is 0 Å². The van der Waals surface area contributed by atoms with Crippen molar-refractivity contribution in [1.82, 2.24) is 0 Å². The van der Waals surface area contributed by atoms with Crippen LogP contribution in [0.25, 0.3) is 0 Å². The lowest BCUT2D eigenvalue weighted by molar-refractivity contribution is 0.0976. The van der Waals surface area contributed by atoms with Gasteiger partial charge in [0.2, 0.25) is 0 Å². The molecule has 0 saturated carbocycles. The Hall–Kier alpha value is -0.770. The van der Waals surface area contributed by atoms with Gasteiger partial charge in [0, 0.05) is 18.0 Å². The van der Waals surface area contributed by atoms with Crippen molar-refractivity contribution in [2.24, 2.45) is 5.73 Å². The average Bonchev–Trinajstić information content (AvgIpc) is 2.20. The first-order chi connectivity index (χ1) is 7.47. The van der Waals surface area contributed by atoms with Crippen molar-refractivity contribution >= 4 is 29.0 Å². The molecule has 1 aromatic rings. The highest BCUT2D eigenvalue weighted by Crippen LogP contribution is 2.34. The maximum absolute atomic E-state index is 11.8. The quantitative estimate of drug-likeness (QED) is 0.849. The molecule has 88 valence electrons. The summed E-state index contributed by atoms with van der Waals surface area (Å²) >= 11 is 11.9. The second-order valence-corrected chi connectivity index (χ2v) is 4.30. The van der Waals surface area contributed by atoms with E-state index >= 15 is 0 Å². The average molecular weight is 262 g/mol. The summed E-state index contributed by atoms with van der Waals surface area (Å²) in [5, 5.41) is 0.464. The Balaban J connectivity index is 3.07. The molecule has 0 bridgehead atoms. The molecule has 0 spiro atoms. The van der Waals surface area contributed by atoms with Crippen molar-refractivity contribution < 1.29 is 9.53 Å². The lowest BCUT2D eigenvalue weighted by Gasteiger charge is -2.09. The molecule has 0 aliphatic carbocycles. The third-order valence-corrected chi connectivity index (χ3v) is 2.94. The zero-order chi connectivity index (χ0) is 12.3. The molecular weight excluding hydrogens is 249 g/mol. The molecule has 2 N–H and O–H groups in total. The Bertz CT molecular complexity index is 405. The largest absolute Gasteiger partial charge is 0.495 e. The van der Waals surface area contributed by atoms with Crippen LogP contribution in [0.15, 0.2) is 12.1 Å². The van der Waals surface area contributed by atoms with E-state index < -0.39 is 0 Å². The van der Waals surface area contributed by atoms with Gasteiger partial charge in [-0.25, -0.2) is 0 Å². The molecule has 0 aromatic heterocycles. The van der Waals surface area contributed by atoms with Gasteiger partial charge in [-0.1, -0.05) is 23.2 Å². The number of ketones is 1. The van der Waals surface area contributed by atoms with E-state index in [1.807, 2.05) is 0 Å². The normalized spacial score (nSPS) is 12.3. The number of carbonyl (C=O) groups is 1. The topological polar surface area (TPSA) is 52.3 Å². The molecule has 1 rings (SSSR count). The van der Waals surface area contributed by atoms with Crippen LogP contribution < -0.4 is 10.5 Å². The number of methoxy groups -OCH3 is 1. The van der Waals surface area contributed by atoms with Gasteiger partial charge in [-0.2, -0.15) is 0 Å². The van der Waals surface area contributed by atoms with Crippen molar-refractivity contribution in [1.29, 1.82) is 0 Å². The lowest BCUT2D eigenvalue weighted by atomic mass is 10.0. The van der Waals surface area contributed by atoms with Crippen LogP contribution in [0.5, 0.6) is 5.75 Å². The number of nitrogens with two attached hydrogens (primary N) is 1. The molecule has 0 aliphatic rings. The van der Waals surface area contributed by atoms with Gasteiger partial charge in [0.1, 0.15) is 10.8 Å². The molecule has 0 radical (unpaired) electrons. The molecule has 0 fully saturated rings. The van der Waals surface area contributed by atoms with E-state index in [0.717, 1.165) is 0 Å².